The first kappa shape index (κ1) is 19.0. The number of benzene rings is 2. The minimum atomic E-state index is -0.738. The van der Waals surface area contributed by atoms with Crippen LogP contribution in [0.3, 0.4) is 0 Å². The molecule has 142 valence electrons. The molecule has 0 aliphatic carbocycles. The molecular formula is C21H23FN2O3. The summed E-state index contributed by atoms with van der Waals surface area (Å²) in [5, 5.41) is 13.1. The lowest BCUT2D eigenvalue weighted by molar-refractivity contribution is -0.143. The van der Waals surface area contributed by atoms with Crippen molar-refractivity contribution in [1.82, 2.24) is 4.90 Å². The van der Waals surface area contributed by atoms with Crippen LogP contribution < -0.4 is 0 Å². The van der Waals surface area contributed by atoms with Gasteiger partial charge in [-0.15, -0.1) is 0 Å². The zero-order chi connectivity index (χ0) is 19.1. The molecular weight excluding hydrogens is 347 g/mol. The molecule has 1 saturated heterocycles. The van der Waals surface area contributed by atoms with E-state index < -0.39 is 5.97 Å². The minimum Gasteiger partial charge on any atom is -0.481 e. The minimum absolute atomic E-state index is 0.303. The Labute approximate surface area is 158 Å². The third-order valence-electron chi connectivity index (χ3n) is 4.72. The van der Waals surface area contributed by atoms with Crippen LogP contribution in [0.4, 0.5) is 4.39 Å². The maximum absolute atomic E-state index is 13.6. The summed E-state index contributed by atoms with van der Waals surface area (Å²) >= 11 is 0. The van der Waals surface area contributed by atoms with Gasteiger partial charge < -0.3 is 9.94 Å². The van der Waals surface area contributed by atoms with Gasteiger partial charge in [0.25, 0.3) is 0 Å². The molecule has 0 amide bonds. The topological polar surface area (TPSA) is 62.1 Å². The van der Waals surface area contributed by atoms with Gasteiger partial charge in [0.15, 0.2) is 0 Å². The fourth-order valence-corrected chi connectivity index (χ4v) is 3.30. The van der Waals surface area contributed by atoms with Gasteiger partial charge in [0.2, 0.25) is 0 Å². The Kier molecular flexibility index (Phi) is 6.54. The lowest BCUT2D eigenvalue weighted by atomic mass is 9.98. The van der Waals surface area contributed by atoms with Crippen molar-refractivity contribution in [3.63, 3.8) is 0 Å². The van der Waals surface area contributed by atoms with Gasteiger partial charge in [-0.2, -0.15) is 0 Å². The number of carboxylic acids is 1. The molecule has 1 aliphatic heterocycles. The number of hydrogen-bond acceptors (Lipinski definition) is 4. The Morgan fingerprint density at radius 1 is 1.30 bits per heavy atom. The summed E-state index contributed by atoms with van der Waals surface area (Å²) in [5.74, 6) is -1.37. The summed E-state index contributed by atoms with van der Waals surface area (Å²) in [4.78, 5) is 18.5. The maximum Gasteiger partial charge on any atom is 0.307 e. The summed E-state index contributed by atoms with van der Waals surface area (Å²) in [6.07, 6.45) is 3.12. The molecule has 5 nitrogen and oxygen atoms in total. The Morgan fingerprint density at radius 3 is 2.89 bits per heavy atom. The largest absolute Gasteiger partial charge is 0.481 e. The number of piperidine rings is 1. The number of aliphatic carboxylic acids is 1. The van der Waals surface area contributed by atoms with Gasteiger partial charge in [-0.1, -0.05) is 41.6 Å². The summed E-state index contributed by atoms with van der Waals surface area (Å²) in [5.41, 5.74) is 2.50. The molecule has 6 heteroatoms. The molecule has 1 heterocycles. The van der Waals surface area contributed by atoms with Crippen LogP contribution in [-0.2, 0) is 9.63 Å². The van der Waals surface area contributed by atoms with E-state index in [1.807, 2.05) is 30.3 Å². The molecule has 27 heavy (non-hydrogen) atoms. The van der Waals surface area contributed by atoms with Crippen LogP contribution in [0.1, 0.15) is 18.4 Å². The third-order valence-corrected chi connectivity index (χ3v) is 4.72. The second-order valence-electron chi connectivity index (χ2n) is 6.64. The van der Waals surface area contributed by atoms with E-state index in [4.69, 9.17) is 9.94 Å². The molecule has 0 bridgehead atoms. The highest BCUT2D eigenvalue weighted by molar-refractivity contribution is 5.90. The highest BCUT2D eigenvalue weighted by Crippen LogP contribution is 2.23. The van der Waals surface area contributed by atoms with Crippen LogP contribution in [0, 0.1) is 11.7 Å². The van der Waals surface area contributed by atoms with Crippen LogP contribution in [0.15, 0.2) is 53.7 Å². The zero-order valence-electron chi connectivity index (χ0n) is 15.1. The summed E-state index contributed by atoms with van der Waals surface area (Å²) in [6, 6.07) is 14.3. The first-order valence-corrected chi connectivity index (χ1v) is 9.09. The number of carbonyl (C=O) groups is 1. The summed E-state index contributed by atoms with van der Waals surface area (Å²) in [6.45, 7) is 2.40. The van der Waals surface area contributed by atoms with E-state index in [-0.39, 0.29) is 11.7 Å². The summed E-state index contributed by atoms with van der Waals surface area (Å²) < 4.78 is 13.6. The number of carboxylic acid groups (broad SMARTS) is 1. The van der Waals surface area contributed by atoms with Crippen molar-refractivity contribution in [3.8, 4) is 11.1 Å². The quantitative estimate of drug-likeness (QED) is 0.459. The van der Waals surface area contributed by atoms with Gasteiger partial charge in [0.05, 0.1) is 12.1 Å². The van der Waals surface area contributed by atoms with Crippen LogP contribution in [-0.4, -0.2) is 48.4 Å². The lowest BCUT2D eigenvalue weighted by Crippen LogP contribution is -2.40. The second-order valence-corrected chi connectivity index (χ2v) is 6.64. The van der Waals surface area contributed by atoms with E-state index in [1.165, 1.54) is 18.3 Å². The Morgan fingerprint density at radius 2 is 2.11 bits per heavy atom. The molecule has 0 aromatic heterocycles. The fraction of sp³-hybridized carbons (Fsp3) is 0.333. The van der Waals surface area contributed by atoms with Crippen molar-refractivity contribution in [3.05, 3.63) is 59.9 Å². The van der Waals surface area contributed by atoms with Gasteiger partial charge in [0.1, 0.15) is 12.4 Å². The number of rotatable bonds is 7. The highest BCUT2D eigenvalue weighted by atomic mass is 19.1. The van der Waals surface area contributed by atoms with Crippen molar-refractivity contribution >= 4 is 12.2 Å². The highest BCUT2D eigenvalue weighted by Gasteiger charge is 2.24. The maximum atomic E-state index is 13.6. The predicted molar refractivity (Wildman–Crippen MR) is 102 cm³/mol. The first-order chi connectivity index (χ1) is 13.1. The van der Waals surface area contributed by atoms with Gasteiger partial charge in [-0.05, 0) is 42.6 Å². The molecule has 3 rings (SSSR count). The smallest absolute Gasteiger partial charge is 0.307 e. The van der Waals surface area contributed by atoms with Gasteiger partial charge in [-0.25, -0.2) is 4.39 Å². The third kappa shape index (κ3) is 5.37. The Balaban J connectivity index is 1.56. The van der Waals surface area contributed by atoms with Crippen LogP contribution in [0.2, 0.25) is 0 Å². The number of halogens is 1. The molecule has 1 aliphatic rings. The number of hydrogen-bond donors (Lipinski definition) is 1. The number of likely N-dealkylation sites (tertiary alicyclic amines) is 1. The molecule has 0 radical (unpaired) electrons. The van der Waals surface area contributed by atoms with Crippen molar-refractivity contribution in [2.24, 2.45) is 11.1 Å². The lowest BCUT2D eigenvalue weighted by Gasteiger charge is -2.29. The monoisotopic (exact) mass is 370 g/mol. The number of nitrogens with zero attached hydrogens (tertiary/aromatic N) is 2. The molecule has 0 spiro atoms. The first-order valence-electron chi connectivity index (χ1n) is 9.09. The molecule has 1 N–H and O–H groups in total. The van der Waals surface area contributed by atoms with Crippen LogP contribution in [0.5, 0.6) is 0 Å². The van der Waals surface area contributed by atoms with Gasteiger partial charge in [-0.3, -0.25) is 9.69 Å². The predicted octanol–water partition coefficient (Wildman–Crippen LogP) is 3.64. The summed E-state index contributed by atoms with van der Waals surface area (Å²) in [7, 11) is 0. The molecule has 2 aromatic carbocycles. The molecule has 1 atom stereocenters. The van der Waals surface area contributed by atoms with Crippen molar-refractivity contribution < 1.29 is 19.1 Å². The average molecular weight is 370 g/mol. The van der Waals surface area contributed by atoms with E-state index in [2.05, 4.69) is 10.1 Å². The second kappa shape index (κ2) is 9.28. The van der Waals surface area contributed by atoms with E-state index in [1.54, 1.807) is 6.07 Å². The van der Waals surface area contributed by atoms with E-state index in [0.717, 1.165) is 30.5 Å². The number of oxime groups is 1. The molecule has 1 unspecified atom stereocenters. The Hall–Kier alpha value is -2.73. The van der Waals surface area contributed by atoms with Crippen molar-refractivity contribution in [1.29, 1.82) is 0 Å². The van der Waals surface area contributed by atoms with E-state index in [0.29, 0.717) is 25.3 Å². The van der Waals surface area contributed by atoms with Crippen LogP contribution >= 0.6 is 0 Å². The van der Waals surface area contributed by atoms with Gasteiger partial charge in [0, 0.05) is 18.7 Å². The Bertz CT molecular complexity index is 795. The normalized spacial score (nSPS) is 17.9. The molecule has 2 aromatic rings. The molecule has 1 fully saturated rings. The van der Waals surface area contributed by atoms with Crippen molar-refractivity contribution in [2.45, 2.75) is 12.8 Å². The van der Waals surface area contributed by atoms with E-state index >= 15 is 0 Å². The SMILES string of the molecule is O=C(O)C1CCCN(CCO/N=C/c2cc(F)ccc2-c2ccccc2)C1. The van der Waals surface area contributed by atoms with Crippen molar-refractivity contribution in [2.75, 3.05) is 26.2 Å². The molecule has 0 saturated carbocycles. The van der Waals surface area contributed by atoms with Crippen LogP contribution in [0.25, 0.3) is 11.1 Å². The van der Waals surface area contributed by atoms with E-state index in [9.17, 15) is 9.18 Å². The van der Waals surface area contributed by atoms with Gasteiger partial charge >= 0.3 is 5.97 Å². The zero-order valence-corrected chi connectivity index (χ0v) is 15.1. The fourth-order valence-electron chi connectivity index (χ4n) is 3.30. The average Bonchev–Trinajstić information content (AvgIpc) is 2.69. The standard InChI is InChI=1S/C21H23FN2O3/c22-19-8-9-20(16-5-2-1-3-6-16)18(13-19)14-23-27-12-11-24-10-4-7-17(15-24)21(25)26/h1-3,5-6,8-9,13-14,17H,4,7,10-12,15H2,(H,25,26)/b23-14+.